The number of halogens is 1. The van der Waals surface area contributed by atoms with E-state index in [2.05, 4.69) is 21.2 Å². The molecular formula is C18H15BrN2O7. The van der Waals surface area contributed by atoms with Crippen molar-refractivity contribution in [3.63, 3.8) is 0 Å². The predicted molar refractivity (Wildman–Crippen MR) is 102 cm³/mol. The van der Waals surface area contributed by atoms with Gasteiger partial charge >= 0.3 is 5.97 Å². The molecule has 0 fully saturated rings. The molecule has 0 radical (unpaired) electrons. The molecule has 0 aliphatic carbocycles. The van der Waals surface area contributed by atoms with Crippen LogP contribution in [0.15, 0.2) is 34.8 Å². The van der Waals surface area contributed by atoms with Gasteiger partial charge in [0.05, 0.1) is 16.2 Å². The zero-order chi connectivity index (χ0) is 20.3. The molecule has 1 heterocycles. The zero-order valence-corrected chi connectivity index (χ0v) is 16.3. The lowest BCUT2D eigenvalue weighted by molar-refractivity contribution is -0.385. The highest BCUT2D eigenvalue weighted by molar-refractivity contribution is 9.10. The number of nitro groups is 1. The largest absolute Gasteiger partial charge is 0.486 e. The Morgan fingerprint density at radius 1 is 1.21 bits per heavy atom. The number of rotatable bonds is 5. The SMILES string of the molecule is Cc1cc(C(=O)OCC(=O)Nc2cc3c(cc2Br)OCCO3)ccc1[N+](=O)[O-]. The number of nitrogens with one attached hydrogen (secondary N) is 1. The number of esters is 1. The van der Waals surface area contributed by atoms with Crippen LogP contribution in [0, 0.1) is 17.0 Å². The molecule has 0 bridgehead atoms. The quantitative estimate of drug-likeness (QED) is 0.422. The molecule has 1 amide bonds. The van der Waals surface area contributed by atoms with E-state index < -0.39 is 23.4 Å². The maximum atomic E-state index is 12.1. The molecule has 0 saturated carbocycles. The van der Waals surface area contributed by atoms with Gasteiger partial charge in [-0.25, -0.2) is 4.79 Å². The molecule has 146 valence electrons. The fourth-order valence-electron chi connectivity index (χ4n) is 2.55. The number of fused-ring (bicyclic) bond motifs is 1. The average molecular weight is 451 g/mol. The molecule has 3 rings (SSSR count). The Labute approximate surface area is 167 Å². The highest BCUT2D eigenvalue weighted by Crippen LogP contribution is 2.38. The third-order valence-electron chi connectivity index (χ3n) is 3.87. The standard InChI is InChI=1S/C18H15BrN2O7/c1-10-6-11(2-3-14(10)21(24)25)18(23)28-9-17(22)20-13-8-16-15(7-12(13)19)26-4-5-27-16/h2-3,6-8H,4-5,9H2,1H3,(H,20,22). The van der Waals surface area contributed by atoms with E-state index >= 15 is 0 Å². The van der Waals surface area contributed by atoms with Gasteiger partial charge in [-0.05, 0) is 35.0 Å². The van der Waals surface area contributed by atoms with Crippen LogP contribution in [0.4, 0.5) is 11.4 Å². The molecular weight excluding hydrogens is 436 g/mol. The summed E-state index contributed by atoms with van der Waals surface area (Å²) in [4.78, 5) is 34.5. The average Bonchev–Trinajstić information content (AvgIpc) is 2.66. The van der Waals surface area contributed by atoms with Gasteiger partial charge in [0.1, 0.15) is 13.2 Å². The topological polar surface area (TPSA) is 117 Å². The smallest absolute Gasteiger partial charge is 0.338 e. The number of carbonyl (C=O) groups is 2. The Kier molecular flexibility index (Phi) is 5.78. The van der Waals surface area contributed by atoms with Crippen molar-refractivity contribution in [1.82, 2.24) is 0 Å². The fourth-order valence-corrected chi connectivity index (χ4v) is 2.97. The Morgan fingerprint density at radius 3 is 2.54 bits per heavy atom. The van der Waals surface area contributed by atoms with E-state index in [1.807, 2.05) is 0 Å². The van der Waals surface area contributed by atoms with Crippen molar-refractivity contribution in [2.24, 2.45) is 0 Å². The summed E-state index contributed by atoms with van der Waals surface area (Å²) in [6.45, 7) is 1.86. The number of hydrogen-bond acceptors (Lipinski definition) is 7. The number of ether oxygens (including phenoxy) is 3. The third-order valence-corrected chi connectivity index (χ3v) is 4.53. The molecule has 10 heteroatoms. The minimum Gasteiger partial charge on any atom is -0.486 e. The molecule has 0 unspecified atom stereocenters. The minimum atomic E-state index is -0.755. The molecule has 0 saturated heterocycles. The van der Waals surface area contributed by atoms with Gasteiger partial charge in [-0.1, -0.05) is 0 Å². The maximum absolute atomic E-state index is 12.1. The lowest BCUT2D eigenvalue weighted by Gasteiger charge is -2.20. The third kappa shape index (κ3) is 4.39. The molecule has 28 heavy (non-hydrogen) atoms. The number of carbonyl (C=O) groups excluding carboxylic acids is 2. The highest BCUT2D eigenvalue weighted by Gasteiger charge is 2.18. The molecule has 0 spiro atoms. The molecule has 1 aliphatic rings. The summed E-state index contributed by atoms with van der Waals surface area (Å²) in [5.74, 6) is -0.238. The van der Waals surface area contributed by atoms with Crippen LogP contribution in [0.2, 0.25) is 0 Å². The Balaban J connectivity index is 1.61. The van der Waals surface area contributed by atoms with Crippen molar-refractivity contribution in [1.29, 1.82) is 0 Å². The number of benzene rings is 2. The summed E-state index contributed by atoms with van der Waals surface area (Å²) >= 11 is 3.33. The van der Waals surface area contributed by atoms with Crippen molar-refractivity contribution in [2.45, 2.75) is 6.92 Å². The lowest BCUT2D eigenvalue weighted by atomic mass is 10.1. The van der Waals surface area contributed by atoms with Crippen LogP contribution in [0.25, 0.3) is 0 Å². The first kappa shape index (κ1) is 19.6. The number of anilines is 1. The van der Waals surface area contributed by atoms with E-state index in [1.54, 1.807) is 12.1 Å². The summed E-state index contributed by atoms with van der Waals surface area (Å²) in [6.07, 6.45) is 0. The van der Waals surface area contributed by atoms with Crippen molar-refractivity contribution in [3.05, 3.63) is 56.0 Å². The number of aryl methyl sites for hydroxylation is 1. The summed E-state index contributed by atoms with van der Waals surface area (Å²) in [6, 6.07) is 7.13. The maximum Gasteiger partial charge on any atom is 0.338 e. The summed E-state index contributed by atoms with van der Waals surface area (Å²) in [7, 11) is 0. The van der Waals surface area contributed by atoms with Crippen LogP contribution in [-0.4, -0.2) is 36.6 Å². The Hall–Kier alpha value is -3.14. The van der Waals surface area contributed by atoms with Crippen molar-refractivity contribution >= 4 is 39.2 Å². The van der Waals surface area contributed by atoms with E-state index in [-0.39, 0.29) is 11.3 Å². The number of nitrogens with zero attached hydrogens (tertiary/aromatic N) is 1. The van der Waals surface area contributed by atoms with Gasteiger partial charge in [-0.15, -0.1) is 0 Å². The zero-order valence-electron chi connectivity index (χ0n) is 14.7. The summed E-state index contributed by atoms with van der Waals surface area (Å²) in [5, 5.41) is 13.4. The second-order valence-corrected chi connectivity index (χ2v) is 6.71. The van der Waals surface area contributed by atoms with Crippen LogP contribution in [-0.2, 0) is 9.53 Å². The van der Waals surface area contributed by atoms with E-state index in [1.165, 1.54) is 25.1 Å². The molecule has 0 aromatic heterocycles. The van der Waals surface area contributed by atoms with Gasteiger partial charge in [0.25, 0.3) is 11.6 Å². The van der Waals surface area contributed by atoms with Crippen molar-refractivity contribution in [2.75, 3.05) is 25.1 Å². The number of hydrogen-bond donors (Lipinski definition) is 1. The second kappa shape index (κ2) is 8.26. The van der Waals surface area contributed by atoms with Crippen LogP contribution in [0.5, 0.6) is 11.5 Å². The summed E-state index contributed by atoms with van der Waals surface area (Å²) < 4.78 is 16.5. The minimum absolute atomic E-state index is 0.0993. The predicted octanol–water partition coefficient (Wildman–Crippen LogP) is 3.23. The monoisotopic (exact) mass is 450 g/mol. The molecule has 0 atom stereocenters. The van der Waals surface area contributed by atoms with Gasteiger partial charge in [-0.2, -0.15) is 0 Å². The first-order valence-electron chi connectivity index (χ1n) is 8.16. The van der Waals surface area contributed by atoms with E-state index in [0.717, 1.165) is 0 Å². The van der Waals surface area contributed by atoms with E-state index in [4.69, 9.17) is 14.2 Å². The van der Waals surface area contributed by atoms with E-state index in [0.29, 0.717) is 40.4 Å². The molecule has 2 aromatic rings. The molecule has 2 aromatic carbocycles. The van der Waals surface area contributed by atoms with Crippen LogP contribution in [0.3, 0.4) is 0 Å². The normalized spacial score (nSPS) is 12.2. The molecule has 1 aliphatic heterocycles. The van der Waals surface area contributed by atoms with Crippen molar-refractivity contribution in [3.8, 4) is 11.5 Å². The Morgan fingerprint density at radius 2 is 1.89 bits per heavy atom. The highest BCUT2D eigenvalue weighted by atomic mass is 79.9. The van der Waals surface area contributed by atoms with Crippen LogP contribution in [0.1, 0.15) is 15.9 Å². The molecule has 1 N–H and O–H groups in total. The molecule has 9 nitrogen and oxygen atoms in total. The van der Waals surface area contributed by atoms with Crippen LogP contribution >= 0.6 is 15.9 Å². The van der Waals surface area contributed by atoms with Gasteiger partial charge in [-0.3, -0.25) is 14.9 Å². The van der Waals surface area contributed by atoms with E-state index in [9.17, 15) is 19.7 Å². The fraction of sp³-hybridized carbons (Fsp3) is 0.222. The number of amides is 1. The summed E-state index contributed by atoms with van der Waals surface area (Å²) in [5.41, 5.74) is 0.787. The van der Waals surface area contributed by atoms with Gasteiger partial charge in [0, 0.05) is 28.2 Å². The van der Waals surface area contributed by atoms with Gasteiger partial charge in [0.15, 0.2) is 18.1 Å². The first-order chi connectivity index (χ1) is 13.3. The second-order valence-electron chi connectivity index (χ2n) is 5.86. The van der Waals surface area contributed by atoms with Crippen LogP contribution < -0.4 is 14.8 Å². The number of nitro benzene ring substituents is 1. The first-order valence-corrected chi connectivity index (χ1v) is 8.95. The van der Waals surface area contributed by atoms with Crippen molar-refractivity contribution < 1.29 is 28.7 Å². The lowest BCUT2D eigenvalue weighted by Crippen LogP contribution is -2.21. The Bertz CT molecular complexity index is 961. The van der Waals surface area contributed by atoms with Gasteiger partial charge in [0.2, 0.25) is 0 Å². The van der Waals surface area contributed by atoms with Gasteiger partial charge < -0.3 is 19.5 Å².